The maximum absolute atomic E-state index is 13.7. The first-order valence-corrected chi connectivity index (χ1v) is 14.6. The number of sulfonamides is 1. The third-order valence-electron chi connectivity index (χ3n) is 7.03. The molecule has 1 aliphatic carbocycles. The monoisotopic (exact) mass is 513 g/mol. The minimum Gasteiger partial charge on any atom is -0.352 e. The van der Waals surface area contributed by atoms with Crippen LogP contribution in [0.15, 0.2) is 48.5 Å². The number of hydrogen-bond donors (Lipinski definition) is 1. The van der Waals surface area contributed by atoms with Crippen molar-refractivity contribution in [3.8, 4) is 0 Å². The molecule has 36 heavy (non-hydrogen) atoms. The molecule has 7 nitrogen and oxygen atoms in total. The van der Waals surface area contributed by atoms with Gasteiger partial charge in [0.2, 0.25) is 21.8 Å². The van der Waals surface area contributed by atoms with Crippen molar-refractivity contribution in [2.24, 2.45) is 0 Å². The molecule has 196 valence electrons. The van der Waals surface area contributed by atoms with E-state index in [1.54, 1.807) is 17.0 Å². The van der Waals surface area contributed by atoms with Crippen LogP contribution in [0.2, 0.25) is 0 Å². The van der Waals surface area contributed by atoms with Crippen molar-refractivity contribution in [3.63, 3.8) is 0 Å². The Labute approximate surface area is 215 Å². The summed E-state index contributed by atoms with van der Waals surface area (Å²) in [7, 11) is -3.73. The quantitative estimate of drug-likeness (QED) is 0.492. The van der Waals surface area contributed by atoms with Crippen LogP contribution in [-0.4, -0.2) is 56.6 Å². The van der Waals surface area contributed by atoms with Gasteiger partial charge in [0, 0.05) is 12.6 Å². The minimum atomic E-state index is -3.73. The van der Waals surface area contributed by atoms with Gasteiger partial charge in [0.25, 0.3) is 0 Å². The Bertz CT molecular complexity index is 1140. The molecule has 3 rings (SSSR count). The van der Waals surface area contributed by atoms with E-state index in [4.69, 9.17) is 0 Å². The first-order chi connectivity index (χ1) is 17.1. The van der Waals surface area contributed by atoms with Crippen LogP contribution in [0, 0.1) is 13.8 Å². The lowest BCUT2D eigenvalue weighted by molar-refractivity contribution is -0.139. The van der Waals surface area contributed by atoms with E-state index in [0.717, 1.165) is 52.9 Å². The van der Waals surface area contributed by atoms with Gasteiger partial charge in [-0.2, -0.15) is 0 Å². The lowest BCUT2D eigenvalue weighted by atomic mass is 10.1. The Kier molecular flexibility index (Phi) is 9.54. The van der Waals surface area contributed by atoms with E-state index in [-0.39, 0.29) is 24.4 Å². The zero-order valence-electron chi connectivity index (χ0n) is 21.9. The summed E-state index contributed by atoms with van der Waals surface area (Å²) >= 11 is 0. The van der Waals surface area contributed by atoms with Crippen molar-refractivity contribution in [2.45, 2.75) is 71.4 Å². The Balaban J connectivity index is 1.87. The second kappa shape index (κ2) is 12.4. The number of anilines is 1. The average Bonchev–Trinajstić information content (AvgIpc) is 3.34. The maximum Gasteiger partial charge on any atom is 0.244 e. The highest BCUT2D eigenvalue weighted by atomic mass is 32.2. The predicted molar refractivity (Wildman–Crippen MR) is 144 cm³/mol. The summed E-state index contributed by atoms with van der Waals surface area (Å²) < 4.78 is 26.6. The number of aryl methyl sites for hydroxylation is 2. The van der Waals surface area contributed by atoms with Gasteiger partial charge in [-0.3, -0.25) is 13.9 Å². The fraction of sp³-hybridized carbons (Fsp3) is 0.500. The SMILES string of the molecule is CCC(C(=O)NC1CCCC1)N(CCc1ccccc1)C(=O)CN(c1ccc(C)c(C)c1)S(C)(=O)=O. The molecule has 1 unspecified atom stereocenters. The van der Waals surface area contributed by atoms with Gasteiger partial charge in [-0.25, -0.2) is 8.42 Å². The number of hydrogen-bond acceptors (Lipinski definition) is 4. The van der Waals surface area contributed by atoms with E-state index < -0.39 is 16.1 Å². The highest BCUT2D eigenvalue weighted by molar-refractivity contribution is 7.92. The summed E-state index contributed by atoms with van der Waals surface area (Å²) in [6.07, 6.45) is 6.22. The molecule has 0 radical (unpaired) electrons. The summed E-state index contributed by atoms with van der Waals surface area (Å²) in [6, 6.07) is 14.6. The molecule has 2 aromatic rings. The molecule has 2 aromatic carbocycles. The smallest absolute Gasteiger partial charge is 0.244 e. The summed E-state index contributed by atoms with van der Waals surface area (Å²) in [5.41, 5.74) is 3.48. The Morgan fingerprint density at radius 3 is 2.28 bits per heavy atom. The second-order valence-corrected chi connectivity index (χ2v) is 11.7. The van der Waals surface area contributed by atoms with Crippen molar-refractivity contribution >= 4 is 27.5 Å². The Morgan fingerprint density at radius 2 is 1.69 bits per heavy atom. The van der Waals surface area contributed by atoms with Crippen molar-refractivity contribution in [2.75, 3.05) is 23.7 Å². The zero-order valence-corrected chi connectivity index (χ0v) is 22.7. The van der Waals surface area contributed by atoms with Crippen LogP contribution < -0.4 is 9.62 Å². The average molecular weight is 514 g/mol. The summed E-state index contributed by atoms with van der Waals surface area (Å²) in [5, 5.41) is 3.13. The van der Waals surface area contributed by atoms with Crippen molar-refractivity contribution in [3.05, 3.63) is 65.2 Å². The van der Waals surface area contributed by atoms with Crippen molar-refractivity contribution in [1.82, 2.24) is 10.2 Å². The number of carbonyl (C=O) groups excluding carboxylic acids is 2. The molecule has 1 saturated carbocycles. The highest BCUT2D eigenvalue weighted by Crippen LogP contribution is 2.23. The van der Waals surface area contributed by atoms with Crippen LogP contribution in [0.3, 0.4) is 0 Å². The number of nitrogens with zero attached hydrogens (tertiary/aromatic N) is 2. The van der Waals surface area contributed by atoms with Gasteiger partial charge in [0.05, 0.1) is 11.9 Å². The molecule has 1 N–H and O–H groups in total. The Morgan fingerprint density at radius 1 is 1.03 bits per heavy atom. The third kappa shape index (κ3) is 7.32. The van der Waals surface area contributed by atoms with Crippen LogP contribution in [0.4, 0.5) is 5.69 Å². The summed E-state index contributed by atoms with van der Waals surface area (Å²) in [5.74, 6) is -0.550. The topological polar surface area (TPSA) is 86.8 Å². The van der Waals surface area contributed by atoms with E-state index in [0.29, 0.717) is 25.1 Å². The molecular formula is C28H39N3O4S. The molecule has 2 amide bonds. The van der Waals surface area contributed by atoms with Crippen LogP contribution in [-0.2, 0) is 26.0 Å². The van der Waals surface area contributed by atoms with E-state index in [1.165, 1.54) is 0 Å². The standard InChI is InChI=1S/C28H39N3O4S/c1-5-26(28(33)29-24-13-9-10-14-24)30(18-17-23-11-7-6-8-12-23)27(32)20-31(36(4,34)35)25-16-15-21(2)22(3)19-25/h6-8,11-12,15-16,19,24,26H,5,9-10,13-14,17-18,20H2,1-4H3,(H,29,33). The van der Waals surface area contributed by atoms with Gasteiger partial charge in [-0.15, -0.1) is 0 Å². The van der Waals surface area contributed by atoms with E-state index in [9.17, 15) is 18.0 Å². The van der Waals surface area contributed by atoms with Gasteiger partial charge in [0.15, 0.2) is 0 Å². The molecule has 0 heterocycles. The van der Waals surface area contributed by atoms with Gasteiger partial charge in [-0.05, 0) is 68.4 Å². The molecule has 8 heteroatoms. The lowest BCUT2D eigenvalue weighted by Crippen LogP contribution is -2.54. The molecule has 0 aliphatic heterocycles. The molecule has 1 atom stereocenters. The van der Waals surface area contributed by atoms with Crippen LogP contribution in [0.25, 0.3) is 0 Å². The maximum atomic E-state index is 13.7. The molecule has 1 fully saturated rings. The fourth-order valence-electron chi connectivity index (χ4n) is 4.76. The van der Waals surface area contributed by atoms with E-state index >= 15 is 0 Å². The first-order valence-electron chi connectivity index (χ1n) is 12.8. The number of rotatable bonds is 11. The van der Waals surface area contributed by atoms with Crippen LogP contribution in [0.1, 0.15) is 55.7 Å². The largest absolute Gasteiger partial charge is 0.352 e. The number of nitrogens with one attached hydrogen (secondary N) is 1. The van der Waals surface area contributed by atoms with Gasteiger partial charge in [-0.1, -0.05) is 56.2 Å². The number of benzene rings is 2. The van der Waals surface area contributed by atoms with Crippen molar-refractivity contribution < 1.29 is 18.0 Å². The number of amides is 2. The van der Waals surface area contributed by atoms with Gasteiger partial charge in [0.1, 0.15) is 12.6 Å². The van der Waals surface area contributed by atoms with Crippen molar-refractivity contribution in [1.29, 1.82) is 0 Å². The summed E-state index contributed by atoms with van der Waals surface area (Å²) in [6.45, 7) is 5.72. The zero-order chi connectivity index (χ0) is 26.3. The normalized spacial score (nSPS) is 14.9. The molecule has 0 bridgehead atoms. The molecule has 0 aromatic heterocycles. The lowest BCUT2D eigenvalue weighted by Gasteiger charge is -2.33. The van der Waals surface area contributed by atoms with Gasteiger partial charge < -0.3 is 10.2 Å². The van der Waals surface area contributed by atoms with Gasteiger partial charge >= 0.3 is 0 Å². The second-order valence-electron chi connectivity index (χ2n) is 9.77. The highest BCUT2D eigenvalue weighted by Gasteiger charge is 2.32. The molecule has 0 spiro atoms. The molecule has 1 aliphatic rings. The van der Waals surface area contributed by atoms with Crippen LogP contribution >= 0.6 is 0 Å². The van der Waals surface area contributed by atoms with E-state index in [2.05, 4.69) is 5.32 Å². The molecule has 0 saturated heterocycles. The molecular weight excluding hydrogens is 474 g/mol. The Hall–Kier alpha value is -2.87. The fourth-order valence-corrected chi connectivity index (χ4v) is 5.60. The van der Waals surface area contributed by atoms with E-state index in [1.807, 2.05) is 57.2 Å². The van der Waals surface area contributed by atoms with Crippen LogP contribution in [0.5, 0.6) is 0 Å². The predicted octanol–water partition coefficient (Wildman–Crippen LogP) is 3.98. The summed E-state index contributed by atoms with van der Waals surface area (Å²) in [4.78, 5) is 28.6. The first kappa shape index (κ1) is 27.7. The minimum absolute atomic E-state index is 0.140. The third-order valence-corrected chi connectivity index (χ3v) is 8.17. The number of carbonyl (C=O) groups is 2.